The van der Waals surface area contributed by atoms with E-state index in [0.29, 0.717) is 23.8 Å². The largest absolute Gasteiger partial charge is 0.493 e. The molecular formula is C22H29N3O3S. The van der Waals surface area contributed by atoms with Gasteiger partial charge in [0.05, 0.1) is 33.6 Å². The van der Waals surface area contributed by atoms with Crippen LogP contribution in [-0.4, -0.2) is 38.3 Å². The normalized spacial score (nSPS) is 17.2. The minimum Gasteiger partial charge on any atom is -0.493 e. The van der Waals surface area contributed by atoms with Crippen molar-refractivity contribution < 1.29 is 14.2 Å². The lowest BCUT2D eigenvalue weighted by Crippen LogP contribution is -2.18. The van der Waals surface area contributed by atoms with Crippen molar-refractivity contribution in [2.45, 2.75) is 32.6 Å². The van der Waals surface area contributed by atoms with E-state index in [1.165, 1.54) is 18.6 Å². The van der Waals surface area contributed by atoms with Crippen molar-refractivity contribution in [1.82, 2.24) is 4.68 Å². The molecule has 1 aliphatic rings. The van der Waals surface area contributed by atoms with Gasteiger partial charge in [-0.25, -0.2) is 4.68 Å². The molecule has 3 rings (SSSR count). The molecule has 1 fully saturated rings. The predicted octanol–water partition coefficient (Wildman–Crippen LogP) is 4.74. The third-order valence-corrected chi connectivity index (χ3v) is 5.95. The van der Waals surface area contributed by atoms with E-state index < -0.39 is 0 Å². The molecule has 0 amide bonds. The van der Waals surface area contributed by atoms with Gasteiger partial charge in [-0.05, 0) is 43.7 Å². The lowest BCUT2D eigenvalue weighted by atomic mass is 9.90. The fourth-order valence-electron chi connectivity index (χ4n) is 3.41. The maximum absolute atomic E-state index is 5.53. The molecule has 29 heavy (non-hydrogen) atoms. The van der Waals surface area contributed by atoms with Gasteiger partial charge in [-0.3, -0.25) is 4.99 Å². The molecule has 0 aliphatic heterocycles. The molecule has 0 saturated heterocycles. The van der Waals surface area contributed by atoms with Gasteiger partial charge in [0.1, 0.15) is 0 Å². The highest BCUT2D eigenvalue weighted by atomic mass is 32.1. The molecule has 156 valence electrons. The summed E-state index contributed by atoms with van der Waals surface area (Å²) in [5.41, 5.74) is 3.10. The molecule has 1 aliphatic carbocycles. The number of thiazole rings is 1. The first-order valence-corrected chi connectivity index (χ1v) is 10.7. The number of benzene rings is 1. The molecule has 0 unspecified atom stereocenters. The molecule has 0 atom stereocenters. The average Bonchev–Trinajstić information content (AvgIpc) is 3.14. The standard InChI is InChI=1S/C22H29N3O3S/c1-6-11-23-22-25(24-17-9-7-15(2)8-10-17)18(14-29-22)16-12-19(26-3)21(28-5)20(13-16)27-4/h6,12-15H,1,7-11H2,2-5H3. The van der Waals surface area contributed by atoms with Gasteiger partial charge >= 0.3 is 0 Å². The minimum absolute atomic E-state index is 0.553. The highest BCUT2D eigenvalue weighted by Crippen LogP contribution is 2.41. The van der Waals surface area contributed by atoms with Gasteiger partial charge in [0.25, 0.3) is 0 Å². The van der Waals surface area contributed by atoms with Crippen LogP contribution in [0.4, 0.5) is 0 Å². The maximum atomic E-state index is 5.53. The molecule has 1 aromatic carbocycles. The zero-order chi connectivity index (χ0) is 20.8. The number of hydrogen-bond donors (Lipinski definition) is 0. The maximum Gasteiger partial charge on any atom is 0.206 e. The summed E-state index contributed by atoms with van der Waals surface area (Å²) in [5, 5.41) is 7.07. The van der Waals surface area contributed by atoms with Gasteiger partial charge in [-0.2, -0.15) is 5.10 Å². The molecule has 1 aromatic heterocycles. The molecule has 0 radical (unpaired) electrons. The number of aromatic nitrogens is 1. The average molecular weight is 416 g/mol. The fraction of sp³-hybridized carbons (Fsp3) is 0.455. The summed E-state index contributed by atoms with van der Waals surface area (Å²) in [6.45, 7) is 6.64. The lowest BCUT2D eigenvalue weighted by Gasteiger charge is -2.19. The first-order valence-electron chi connectivity index (χ1n) is 9.80. The predicted molar refractivity (Wildman–Crippen MR) is 118 cm³/mol. The van der Waals surface area contributed by atoms with Crippen LogP contribution in [0.5, 0.6) is 17.2 Å². The second-order valence-electron chi connectivity index (χ2n) is 7.11. The summed E-state index contributed by atoms with van der Waals surface area (Å²) in [4.78, 5) is 5.49. The van der Waals surface area contributed by atoms with E-state index in [9.17, 15) is 0 Å². The molecule has 6 nitrogen and oxygen atoms in total. The molecule has 1 saturated carbocycles. The van der Waals surface area contributed by atoms with E-state index in [-0.39, 0.29) is 0 Å². The van der Waals surface area contributed by atoms with Crippen molar-refractivity contribution >= 4 is 17.0 Å². The summed E-state index contributed by atoms with van der Waals surface area (Å²) in [7, 11) is 4.85. The Morgan fingerprint density at radius 3 is 2.34 bits per heavy atom. The van der Waals surface area contributed by atoms with Crippen LogP contribution < -0.4 is 19.0 Å². The SMILES string of the molecule is C=CCN=c1scc(-c2cc(OC)c(OC)c(OC)c2)n1N=C1CCC(C)CC1. The van der Waals surface area contributed by atoms with Gasteiger partial charge in [0, 0.05) is 16.7 Å². The zero-order valence-electron chi connectivity index (χ0n) is 17.6. The fourth-order valence-corrected chi connectivity index (χ4v) is 4.25. The minimum atomic E-state index is 0.553. The van der Waals surface area contributed by atoms with E-state index in [0.717, 1.165) is 34.8 Å². The van der Waals surface area contributed by atoms with E-state index in [4.69, 9.17) is 19.3 Å². The Balaban J connectivity index is 2.14. The van der Waals surface area contributed by atoms with Gasteiger partial charge in [-0.15, -0.1) is 17.9 Å². The van der Waals surface area contributed by atoms with E-state index in [2.05, 4.69) is 23.9 Å². The smallest absolute Gasteiger partial charge is 0.206 e. The van der Waals surface area contributed by atoms with Crippen molar-refractivity contribution in [1.29, 1.82) is 0 Å². The Morgan fingerprint density at radius 1 is 1.14 bits per heavy atom. The Bertz CT molecular complexity index is 923. The summed E-state index contributed by atoms with van der Waals surface area (Å²) in [6.07, 6.45) is 6.21. The molecule has 0 spiro atoms. The third-order valence-electron chi connectivity index (χ3n) is 5.09. The van der Waals surface area contributed by atoms with Crippen molar-refractivity contribution in [2.75, 3.05) is 27.9 Å². The van der Waals surface area contributed by atoms with Crippen LogP contribution in [0.3, 0.4) is 0 Å². The molecule has 2 aromatic rings. The highest BCUT2D eigenvalue weighted by Gasteiger charge is 2.18. The first kappa shape index (κ1) is 21.2. The van der Waals surface area contributed by atoms with Gasteiger partial charge < -0.3 is 14.2 Å². The summed E-state index contributed by atoms with van der Waals surface area (Å²) < 4.78 is 18.5. The highest BCUT2D eigenvalue weighted by molar-refractivity contribution is 7.07. The van der Waals surface area contributed by atoms with Gasteiger partial charge in [0.2, 0.25) is 10.6 Å². The Morgan fingerprint density at radius 2 is 1.79 bits per heavy atom. The van der Waals surface area contributed by atoms with E-state index >= 15 is 0 Å². The topological polar surface area (TPSA) is 57.3 Å². The molecule has 0 bridgehead atoms. The Hall–Kier alpha value is -2.54. The summed E-state index contributed by atoms with van der Waals surface area (Å²) >= 11 is 1.57. The van der Waals surface area contributed by atoms with Gasteiger partial charge in [-0.1, -0.05) is 13.0 Å². The summed E-state index contributed by atoms with van der Waals surface area (Å²) in [5.74, 6) is 2.57. The zero-order valence-corrected chi connectivity index (χ0v) is 18.4. The molecule has 7 heteroatoms. The van der Waals surface area contributed by atoms with E-state index in [1.54, 1.807) is 38.7 Å². The van der Waals surface area contributed by atoms with Crippen LogP contribution >= 0.6 is 11.3 Å². The van der Waals surface area contributed by atoms with Crippen molar-refractivity contribution in [2.24, 2.45) is 16.0 Å². The van der Waals surface area contributed by atoms with Crippen molar-refractivity contribution in [3.8, 4) is 28.5 Å². The number of methoxy groups -OCH3 is 3. The van der Waals surface area contributed by atoms with Crippen molar-refractivity contribution in [3.05, 3.63) is 35.0 Å². The molecule has 0 N–H and O–H groups in total. The number of rotatable bonds is 7. The van der Waals surface area contributed by atoms with Crippen molar-refractivity contribution in [3.63, 3.8) is 0 Å². The molecule has 1 heterocycles. The van der Waals surface area contributed by atoms with Crippen LogP contribution in [-0.2, 0) is 0 Å². The molecular weight excluding hydrogens is 386 g/mol. The van der Waals surface area contributed by atoms with E-state index in [1.807, 2.05) is 16.8 Å². The van der Waals surface area contributed by atoms with Gasteiger partial charge in [0.15, 0.2) is 11.5 Å². The Labute approximate surface area is 176 Å². The lowest BCUT2D eigenvalue weighted by molar-refractivity contribution is 0.324. The number of hydrogen-bond acceptors (Lipinski definition) is 6. The van der Waals surface area contributed by atoms with Crippen LogP contribution in [0.25, 0.3) is 11.3 Å². The first-order chi connectivity index (χ1) is 14.1. The number of nitrogens with zero attached hydrogens (tertiary/aromatic N) is 3. The Kier molecular flexibility index (Phi) is 7.14. The van der Waals surface area contributed by atoms with Crippen LogP contribution in [0.2, 0.25) is 0 Å². The summed E-state index contributed by atoms with van der Waals surface area (Å²) in [6, 6.07) is 3.89. The van der Waals surface area contributed by atoms with Crippen LogP contribution in [0.15, 0.2) is 40.3 Å². The van der Waals surface area contributed by atoms with Crippen LogP contribution in [0, 0.1) is 5.92 Å². The number of ether oxygens (including phenoxy) is 3. The second-order valence-corrected chi connectivity index (χ2v) is 7.94. The quantitative estimate of drug-likeness (QED) is 0.614. The second kappa shape index (κ2) is 9.78. The third kappa shape index (κ3) is 4.72. The monoisotopic (exact) mass is 415 g/mol. The van der Waals surface area contributed by atoms with Crippen LogP contribution in [0.1, 0.15) is 32.6 Å².